The Bertz CT molecular complexity index is 1470. The molecule has 0 aliphatic rings. The Kier molecular flexibility index (Phi) is 8.97. The molecule has 2 atom stereocenters. The van der Waals surface area contributed by atoms with Gasteiger partial charge < -0.3 is 19.5 Å². The van der Waals surface area contributed by atoms with Crippen LogP contribution in [0.4, 0.5) is 16.4 Å². The van der Waals surface area contributed by atoms with Gasteiger partial charge in [-0.1, -0.05) is 18.2 Å². The van der Waals surface area contributed by atoms with E-state index in [1.54, 1.807) is 49.8 Å². The topological polar surface area (TPSA) is 162 Å². The largest absolute Gasteiger partial charge is 0.481 e. The zero-order valence-electron chi connectivity index (χ0n) is 22.3. The molecular formula is C27H28N8O5. The Morgan fingerprint density at radius 2 is 1.50 bits per heavy atom. The van der Waals surface area contributed by atoms with E-state index in [9.17, 15) is 9.59 Å². The smallest absolute Gasteiger partial charge is 0.425 e. The Balaban J connectivity index is 1.90. The Hall–Kier alpha value is -5.33. The number of amides is 2. The molecule has 4 heterocycles. The van der Waals surface area contributed by atoms with Crippen LogP contribution in [-0.2, 0) is 9.53 Å². The zero-order valence-corrected chi connectivity index (χ0v) is 22.3. The number of pyridine rings is 3. The first-order valence-corrected chi connectivity index (χ1v) is 12.1. The summed E-state index contributed by atoms with van der Waals surface area (Å²) in [4.78, 5) is 46.3. The molecule has 0 radical (unpaired) electrons. The molecule has 0 aliphatic carbocycles. The van der Waals surface area contributed by atoms with Crippen LogP contribution < -0.4 is 25.6 Å². The molecular weight excluding hydrogens is 516 g/mol. The van der Waals surface area contributed by atoms with Crippen LogP contribution in [0.1, 0.15) is 41.5 Å². The highest BCUT2D eigenvalue weighted by Crippen LogP contribution is 2.41. The van der Waals surface area contributed by atoms with E-state index in [2.05, 4.69) is 35.9 Å². The number of rotatable bonds is 10. The van der Waals surface area contributed by atoms with E-state index in [1.165, 1.54) is 21.1 Å². The number of carbonyl (C=O) groups is 2. The fraction of sp³-hybridized carbons (Fsp3) is 0.222. The molecule has 0 bridgehead atoms. The summed E-state index contributed by atoms with van der Waals surface area (Å²) >= 11 is 0. The normalized spacial score (nSPS) is 12.0. The van der Waals surface area contributed by atoms with Crippen LogP contribution >= 0.6 is 0 Å². The van der Waals surface area contributed by atoms with Crippen LogP contribution in [0.25, 0.3) is 0 Å². The molecule has 13 heteroatoms. The SMILES string of the molecule is COC(=O)NNc1cccc(C(c2nccc(OC)n2)C(c2ccc(NC(C)=O)nc2)c2cccc(OC)n2)n1. The first-order valence-electron chi connectivity index (χ1n) is 12.1. The van der Waals surface area contributed by atoms with Crippen molar-refractivity contribution in [1.29, 1.82) is 0 Å². The van der Waals surface area contributed by atoms with Gasteiger partial charge in [0, 0.05) is 37.4 Å². The average Bonchev–Trinajstić information content (AvgIpc) is 2.99. The number of nitrogens with zero attached hydrogens (tertiary/aromatic N) is 5. The van der Waals surface area contributed by atoms with E-state index in [0.717, 1.165) is 5.56 Å². The maximum Gasteiger partial charge on any atom is 0.425 e. The lowest BCUT2D eigenvalue weighted by Crippen LogP contribution is -2.29. The lowest BCUT2D eigenvalue weighted by atomic mass is 9.81. The fourth-order valence-electron chi connectivity index (χ4n) is 4.03. The molecule has 0 spiro atoms. The van der Waals surface area contributed by atoms with Crippen LogP contribution in [0.15, 0.2) is 67.0 Å². The second-order valence-electron chi connectivity index (χ2n) is 8.36. The Morgan fingerprint density at radius 1 is 0.775 bits per heavy atom. The molecule has 0 aliphatic heterocycles. The van der Waals surface area contributed by atoms with Gasteiger partial charge in [-0.3, -0.25) is 10.2 Å². The van der Waals surface area contributed by atoms with Crippen LogP contribution in [0.3, 0.4) is 0 Å². The van der Waals surface area contributed by atoms with E-state index in [1.807, 2.05) is 24.3 Å². The fourth-order valence-corrected chi connectivity index (χ4v) is 4.03. The second kappa shape index (κ2) is 13.0. The van der Waals surface area contributed by atoms with Gasteiger partial charge in [-0.15, -0.1) is 0 Å². The lowest BCUT2D eigenvalue weighted by molar-refractivity contribution is -0.114. The van der Waals surface area contributed by atoms with E-state index < -0.39 is 17.9 Å². The second-order valence-corrected chi connectivity index (χ2v) is 8.36. The van der Waals surface area contributed by atoms with Crippen molar-refractivity contribution in [2.75, 3.05) is 32.1 Å². The minimum atomic E-state index is -0.677. The minimum absolute atomic E-state index is 0.233. The first-order chi connectivity index (χ1) is 19.4. The number of hydrogen-bond donors (Lipinski definition) is 3. The van der Waals surface area contributed by atoms with Gasteiger partial charge in [0.05, 0.1) is 38.6 Å². The van der Waals surface area contributed by atoms with Crippen molar-refractivity contribution in [3.8, 4) is 11.8 Å². The van der Waals surface area contributed by atoms with Crippen molar-refractivity contribution in [3.63, 3.8) is 0 Å². The first kappa shape index (κ1) is 27.7. The Labute approximate surface area is 230 Å². The van der Waals surface area contributed by atoms with Crippen molar-refractivity contribution in [2.24, 2.45) is 0 Å². The maximum atomic E-state index is 11.6. The maximum absolute atomic E-state index is 11.6. The van der Waals surface area contributed by atoms with Crippen LogP contribution in [0, 0.1) is 0 Å². The molecule has 40 heavy (non-hydrogen) atoms. The number of methoxy groups -OCH3 is 3. The molecule has 4 aromatic heterocycles. The number of ether oxygens (including phenoxy) is 3. The predicted octanol–water partition coefficient (Wildman–Crippen LogP) is 3.28. The van der Waals surface area contributed by atoms with E-state index in [-0.39, 0.29) is 5.91 Å². The number of hydrazine groups is 1. The summed E-state index contributed by atoms with van der Waals surface area (Å²) in [6.45, 7) is 1.41. The third-order valence-electron chi connectivity index (χ3n) is 5.76. The van der Waals surface area contributed by atoms with Gasteiger partial charge >= 0.3 is 6.09 Å². The predicted molar refractivity (Wildman–Crippen MR) is 145 cm³/mol. The summed E-state index contributed by atoms with van der Waals surface area (Å²) < 4.78 is 15.4. The lowest BCUT2D eigenvalue weighted by Gasteiger charge is -2.27. The van der Waals surface area contributed by atoms with E-state index in [4.69, 9.17) is 19.4 Å². The minimum Gasteiger partial charge on any atom is -0.481 e. The average molecular weight is 545 g/mol. The quantitative estimate of drug-likeness (QED) is 0.251. The van der Waals surface area contributed by atoms with Gasteiger partial charge in [0.1, 0.15) is 17.5 Å². The summed E-state index contributed by atoms with van der Waals surface area (Å²) in [5, 5.41) is 2.68. The van der Waals surface area contributed by atoms with Gasteiger partial charge in [0.2, 0.25) is 17.7 Å². The van der Waals surface area contributed by atoms with Crippen molar-refractivity contribution in [3.05, 3.63) is 89.8 Å². The molecule has 2 amide bonds. The highest BCUT2D eigenvalue weighted by atomic mass is 16.5. The van der Waals surface area contributed by atoms with Gasteiger partial charge in [0.25, 0.3) is 0 Å². The Morgan fingerprint density at radius 3 is 2.17 bits per heavy atom. The molecule has 0 fully saturated rings. The zero-order chi connectivity index (χ0) is 28.5. The van der Waals surface area contributed by atoms with Crippen molar-refractivity contribution in [2.45, 2.75) is 18.8 Å². The van der Waals surface area contributed by atoms with Crippen molar-refractivity contribution < 1.29 is 23.8 Å². The summed E-state index contributed by atoms with van der Waals surface area (Å²) in [5.41, 5.74) is 7.09. The molecule has 0 saturated carbocycles. The van der Waals surface area contributed by atoms with E-state index in [0.29, 0.717) is 40.6 Å². The van der Waals surface area contributed by atoms with E-state index >= 15 is 0 Å². The molecule has 0 saturated heterocycles. The molecule has 4 rings (SSSR count). The third-order valence-corrected chi connectivity index (χ3v) is 5.76. The monoisotopic (exact) mass is 544 g/mol. The van der Waals surface area contributed by atoms with Gasteiger partial charge in [-0.05, 0) is 29.8 Å². The van der Waals surface area contributed by atoms with Gasteiger partial charge in [0.15, 0.2) is 0 Å². The number of hydrogen-bond acceptors (Lipinski definition) is 11. The number of anilines is 2. The highest BCUT2D eigenvalue weighted by Gasteiger charge is 2.33. The third kappa shape index (κ3) is 6.75. The number of nitrogens with one attached hydrogen (secondary N) is 3. The van der Waals surface area contributed by atoms with Crippen LogP contribution in [-0.4, -0.2) is 58.2 Å². The molecule has 2 unspecified atom stereocenters. The summed E-state index contributed by atoms with van der Waals surface area (Å²) in [6, 6.07) is 15.9. The van der Waals surface area contributed by atoms with Crippen molar-refractivity contribution in [1.82, 2.24) is 30.3 Å². The highest BCUT2D eigenvalue weighted by molar-refractivity contribution is 5.87. The molecule has 4 aromatic rings. The molecule has 13 nitrogen and oxygen atoms in total. The molecule has 0 aromatic carbocycles. The summed E-state index contributed by atoms with van der Waals surface area (Å²) in [6.07, 6.45) is 2.58. The standard InChI is InChI=1S/C27H28N8O5/c1-16(36)30-20-12-11-17(15-29-20)24(18-8-6-10-22(32-18)38-2)25(26-28-14-13-23(33-26)39-3)19-7-5-9-21(31-19)34-35-27(37)40-4/h5-15,24-25H,1-4H3,(H,31,34)(H,35,37)(H,29,30,36). The van der Waals surface area contributed by atoms with Crippen LogP contribution in [0.2, 0.25) is 0 Å². The van der Waals surface area contributed by atoms with Crippen LogP contribution in [0.5, 0.6) is 11.8 Å². The summed E-state index contributed by atoms with van der Waals surface area (Å²) in [7, 11) is 4.32. The van der Waals surface area contributed by atoms with Gasteiger partial charge in [-0.2, -0.15) is 4.98 Å². The van der Waals surface area contributed by atoms with Gasteiger partial charge in [-0.25, -0.2) is 30.2 Å². The molecule has 206 valence electrons. The number of carbonyl (C=O) groups excluding carboxylic acids is 2. The van der Waals surface area contributed by atoms with Crippen molar-refractivity contribution >= 4 is 23.6 Å². The number of aromatic nitrogens is 5. The molecule has 3 N–H and O–H groups in total. The summed E-state index contributed by atoms with van der Waals surface area (Å²) in [5.74, 6) is 0.594.